The van der Waals surface area contributed by atoms with Crippen molar-refractivity contribution in [1.29, 1.82) is 0 Å². The van der Waals surface area contributed by atoms with Gasteiger partial charge in [-0.05, 0) is 61.7 Å². The first kappa shape index (κ1) is 22.3. The standard InChI is InChI=1S/C24H31NO4/c1-5-6-14-28-23-17-19(2)24(20(3)18-23)29-16-7-15-27-22-10-8-21(9-11-22)12-13-25-26-4/h5-6,8-11,13,17-18H,7,12,14-16H2,1-4H3/b6-5+,25-13?. The minimum atomic E-state index is 0.578. The maximum absolute atomic E-state index is 5.98. The van der Waals surface area contributed by atoms with Crippen LogP contribution in [-0.4, -0.2) is 33.1 Å². The number of hydrogen-bond acceptors (Lipinski definition) is 5. The van der Waals surface area contributed by atoms with E-state index in [1.165, 1.54) is 7.11 Å². The zero-order valence-corrected chi connectivity index (χ0v) is 17.8. The molecule has 0 aliphatic rings. The summed E-state index contributed by atoms with van der Waals surface area (Å²) in [5.41, 5.74) is 3.31. The molecule has 0 atom stereocenters. The van der Waals surface area contributed by atoms with Crippen molar-refractivity contribution < 1.29 is 19.0 Å². The highest BCUT2D eigenvalue weighted by Gasteiger charge is 2.07. The van der Waals surface area contributed by atoms with Crippen LogP contribution in [0, 0.1) is 13.8 Å². The molecule has 156 valence electrons. The molecule has 0 aliphatic heterocycles. The molecule has 0 amide bonds. The molecular formula is C24H31NO4. The molecule has 2 aromatic rings. The van der Waals surface area contributed by atoms with Gasteiger partial charge in [0.15, 0.2) is 0 Å². The van der Waals surface area contributed by atoms with Crippen molar-refractivity contribution >= 4 is 6.21 Å². The fourth-order valence-corrected chi connectivity index (χ4v) is 2.82. The Kier molecular flexibility index (Phi) is 9.63. The van der Waals surface area contributed by atoms with Crippen LogP contribution < -0.4 is 14.2 Å². The van der Waals surface area contributed by atoms with Gasteiger partial charge in [0.05, 0.1) is 13.2 Å². The van der Waals surface area contributed by atoms with Crippen LogP contribution in [0.1, 0.15) is 30.0 Å². The molecule has 0 aromatic heterocycles. The van der Waals surface area contributed by atoms with Gasteiger partial charge >= 0.3 is 0 Å². The number of nitrogens with zero attached hydrogens (tertiary/aromatic N) is 1. The average Bonchev–Trinajstić information content (AvgIpc) is 2.71. The number of hydrogen-bond donors (Lipinski definition) is 0. The lowest BCUT2D eigenvalue weighted by Crippen LogP contribution is -2.07. The SMILES string of the molecule is C/C=C/COc1cc(C)c(OCCCOc2ccc(CC=NOC)cc2)c(C)c1. The molecule has 0 bridgehead atoms. The summed E-state index contributed by atoms with van der Waals surface area (Å²) >= 11 is 0. The molecule has 0 radical (unpaired) electrons. The van der Waals surface area contributed by atoms with Gasteiger partial charge in [-0.25, -0.2) is 0 Å². The third-order valence-corrected chi connectivity index (χ3v) is 4.25. The Morgan fingerprint density at radius 2 is 1.59 bits per heavy atom. The predicted molar refractivity (Wildman–Crippen MR) is 117 cm³/mol. The number of aryl methyl sites for hydroxylation is 2. The molecule has 0 N–H and O–H groups in total. The van der Waals surface area contributed by atoms with E-state index in [1.807, 2.05) is 69.3 Å². The Labute approximate surface area is 173 Å². The first-order valence-electron chi connectivity index (χ1n) is 9.88. The van der Waals surface area contributed by atoms with Gasteiger partial charge in [-0.15, -0.1) is 0 Å². The molecule has 2 rings (SSSR count). The summed E-state index contributed by atoms with van der Waals surface area (Å²) in [6, 6.07) is 12.0. The number of benzene rings is 2. The summed E-state index contributed by atoms with van der Waals surface area (Å²) in [6.45, 7) is 7.85. The Balaban J connectivity index is 1.74. The van der Waals surface area contributed by atoms with E-state index in [0.29, 0.717) is 19.8 Å². The number of ether oxygens (including phenoxy) is 3. The lowest BCUT2D eigenvalue weighted by atomic mass is 10.1. The molecule has 2 aromatic carbocycles. The molecule has 29 heavy (non-hydrogen) atoms. The van der Waals surface area contributed by atoms with Crippen molar-refractivity contribution in [2.24, 2.45) is 5.16 Å². The van der Waals surface area contributed by atoms with E-state index < -0.39 is 0 Å². The van der Waals surface area contributed by atoms with E-state index >= 15 is 0 Å². The normalized spacial score (nSPS) is 11.2. The summed E-state index contributed by atoms with van der Waals surface area (Å²) in [4.78, 5) is 4.66. The Morgan fingerprint density at radius 1 is 0.897 bits per heavy atom. The van der Waals surface area contributed by atoms with Gasteiger partial charge in [0.2, 0.25) is 0 Å². The molecule has 0 aliphatic carbocycles. The van der Waals surface area contributed by atoms with E-state index in [1.54, 1.807) is 6.21 Å². The number of rotatable bonds is 12. The summed E-state index contributed by atoms with van der Waals surface area (Å²) in [7, 11) is 1.54. The summed E-state index contributed by atoms with van der Waals surface area (Å²) < 4.78 is 17.5. The zero-order valence-electron chi connectivity index (χ0n) is 17.8. The lowest BCUT2D eigenvalue weighted by molar-refractivity contribution is 0.215. The molecule has 0 saturated heterocycles. The van der Waals surface area contributed by atoms with Gasteiger partial charge in [-0.2, -0.15) is 0 Å². The summed E-state index contributed by atoms with van der Waals surface area (Å²) in [5, 5.41) is 3.74. The van der Waals surface area contributed by atoms with Crippen LogP contribution in [0.2, 0.25) is 0 Å². The Morgan fingerprint density at radius 3 is 2.24 bits per heavy atom. The van der Waals surface area contributed by atoms with Crippen LogP contribution in [0.25, 0.3) is 0 Å². The third-order valence-electron chi connectivity index (χ3n) is 4.25. The first-order valence-corrected chi connectivity index (χ1v) is 9.88. The second-order valence-electron chi connectivity index (χ2n) is 6.64. The van der Waals surface area contributed by atoms with Crippen molar-refractivity contribution in [3.63, 3.8) is 0 Å². The molecule has 0 spiro atoms. The van der Waals surface area contributed by atoms with Crippen LogP contribution in [0.4, 0.5) is 0 Å². The third kappa shape index (κ3) is 7.90. The number of oxime groups is 1. The van der Waals surface area contributed by atoms with Gasteiger partial charge < -0.3 is 19.0 Å². The predicted octanol–water partition coefficient (Wildman–Crippen LogP) is 5.28. The zero-order chi connectivity index (χ0) is 20.9. The van der Waals surface area contributed by atoms with Crippen molar-refractivity contribution in [2.45, 2.75) is 33.6 Å². The van der Waals surface area contributed by atoms with E-state index in [4.69, 9.17) is 14.2 Å². The second kappa shape index (κ2) is 12.5. The van der Waals surface area contributed by atoms with Crippen molar-refractivity contribution in [3.8, 4) is 17.2 Å². The van der Waals surface area contributed by atoms with E-state index in [2.05, 4.69) is 9.99 Å². The highest BCUT2D eigenvalue weighted by molar-refractivity contribution is 5.60. The summed E-state index contributed by atoms with van der Waals surface area (Å²) in [6.07, 6.45) is 7.24. The molecule has 0 fully saturated rings. The first-order chi connectivity index (χ1) is 14.1. The quantitative estimate of drug-likeness (QED) is 0.212. The van der Waals surface area contributed by atoms with Crippen molar-refractivity contribution in [2.75, 3.05) is 26.9 Å². The van der Waals surface area contributed by atoms with Gasteiger partial charge in [-0.1, -0.05) is 29.4 Å². The minimum absolute atomic E-state index is 0.578. The number of allylic oxidation sites excluding steroid dienone is 1. The van der Waals surface area contributed by atoms with Crippen molar-refractivity contribution in [3.05, 3.63) is 65.2 Å². The topological polar surface area (TPSA) is 49.3 Å². The fraction of sp³-hybridized carbons (Fsp3) is 0.375. The van der Waals surface area contributed by atoms with Crippen LogP contribution >= 0.6 is 0 Å². The molecular weight excluding hydrogens is 366 g/mol. The van der Waals surface area contributed by atoms with Gasteiger partial charge in [0.25, 0.3) is 0 Å². The molecule has 5 heteroatoms. The molecule has 5 nitrogen and oxygen atoms in total. The highest BCUT2D eigenvalue weighted by atomic mass is 16.6. The second-order valence-corrected chi connectivity index (χ2v) is 6.64. The largest absolute Gasteiger partial charge is 0.493 e. The highest BCUT2D eigenvalue weighted by Crippen LogP contribution is 2.28. The van der Waals surface area contributed by atoms with Gasteiger partial charge in [0, 0.05) is 19.1 Å². The van der Waals surface area contributed by atoms with Crippen LogP contribution in [0.15, 0.2) is 53.7 Å². The van der Waals surface area contributed by atoms with Crippen LogP contribution in [0.5, 0.6) is 17.2 Å². The maximum atomic E-state index is 5.98. The van der Waals surface area contributed by atoms with E-state index in [-0.39, 0.29) is 0 Å². The van der Waals surface area contributed by atoms with Gasteiger partial charge in [-0.3, -0.25) is 0 Å². The fourth-order valence-electron chi connectivity index (χ4n) is 2.82. The lowest BCUT2D eigenvalue weighted by Gasteiger charge is -2.14. The van der Waals surface area contributed by atoms with Crippen molar-refractivity contribution in [1.82, 2.24) is 0 Å². The maximum Gasteiger partial charge on any atom is 0.125 e. The Bertz CT molecular complexity index is 774. The average molecular weight is 398 g/mol. The van der Waals surface area contributed by atoms with E-state index in [9.17, 15) is 0 Å². The molecule has 0 unspecified atom stereocenters. The monoisotopic (exact) mass is 397 g/mol. The van der Waals surface area contributed by atoms with Gasteiger partial charge in [0.1, 0.15) is 31.0 Å². The smallest absolute Gasteiger partial charge is 0.125 e. The molecule has 0 saturated carbocycles. The molecule has 0 heterocycles. The van der Waals surface area contributed by atoms with Crippen LogP contribution in [-0.2, 0) is 11.3 Å². The summed E-state index contributed by atoms with van der Waals surface area (Å²) in [5.74, 6) is 2.64. The van der Waals surface area contributed by atoms with E-state index in [0.717, 1.165) is 46.8 Å². The minimum Gasteiger partial charge on any atom is -0.493 e. The van der Waals surface area contributed by atoms with Crippen LogP contribution in [0.3, 0.4) is 0 Å². The Hall–Kier alpha value is -2.95.